The highest BCUT2D eigenvalue weighted by molar-refractivity contribution is 5.88. The molecule has 11 heteroatoms. The van der Waals surface area contributed by atoms with E-state index in [1.807, 2.05) is 6.92 Å². The summed E-state index contributed by atoms with van der Waals surface area (Å²) < 4.78 is 27.6. The molecule has 0 bridgehead atoms. The molecule has 0 amide bonds. The van der Waals surface area contributed by atoms with Crippen LogP contribution < -0.4 is 0 Å². The third-order valence-corrected chi connectivity index (χ3v) is 3.46. The maximum absolute atomic E-state index is 11.1. The van der Waals surface area contributed by atoms with Gasteiger partial charge in [-0.25, -0.2) is 24.0 Å². The van der Waals surface area contributed by atoms with Gasteiger partial charge in [-0.05, 0) is 27.2 Å². The average molecular weight is 557 g/mol. The maximum atomic E-state index is 11.1. The van der Waals surface area contributed by atoms with Crippen LogP contribution in [0.3, 0.4) is 0 Å². The number of esters is 5. The molecule has 0 rings (SSSR count). The summed E-state index contributed by atoms with van der Waals surface area (Å²) in [6.45, 7) is 24.8. The lowest BCUT2D eigenvalue weighted by Gasteiger charge is -2.06. The minimum atomic E-state index is -0.507. The standard InChI is InChI=1S/C11H16O5.C7H12O2.2C5H8O2/c1-4-10(12)16-7-6-14-8-9(3)11(13)15-5-2;1-3-5-6-9-7(8)4-2;2*1-4(2)5(6)7-3/h4H,1,3,5-8H2,2H3;4H,2-3,5-6H2,1H3;2*1H2,2-3H3. The molecule has 222 valence electrons. The molecule has 0 aliphatic carbocycles. The van der Waals surface area contributed by atoms with Crippen molar-refractivity contribution in [1.82, 2.24) is 0 Å². The minimum Gasteiger partial charge on any atom is -0.466 e. The minimum absolute atomic E-state index is 0.0600. The van der Waals surface area contributed by atoms with Gasteiger partial charge in [0.1, 0.15) is 6.61 Å². The third-order valence-electron chi connectivity index (χ3n) is 3.46. The number of hydrogen-bond acceptors (Lipinski definition) is 11. The van der Waals surface area contributed by atoms with Gasteiger partial charge in [0.05, 0.1) is 46.2 Å². The van der Waals surface area contributed by atoms with Gasteiger partial charge < -0.3 is 28.4 Å². The van der Waals surface area contributed by atoms with Crippen LogP contribution in [0.5, 0.6) is 0 Å². The fourth-order valence-corrected chi connectivity index (χ4v) is 1.47. The summed E-state index contributed by atoms with van der Waals surface area (Å²) in [4.78, 5) is 52.4. The van der Waals surface area contributed by atoms with Gasteiger partial charge in [0.2, 0.25) is 0 Å². The Kier molecular flexibility index (Phi) is 32.6. The second kappa shape index (κ2) is 30.2. The van der Waals surface area contributed by atoms with E-state index < -0.39 is 11.9 Å². The monoisotopic (exact) mass is 556 g/mol. The molecule has 0 atom stereocenters. The molecule has 0 unspecified atom stereocenters. The second-order valence-corrected chi connectivity index (χ2v) is 7.02. The molecule has 0 saturated carbocycles. The predicted octanol–water partition coefficient (Wildman–Crippen LogP) is 3.84. The van der Waals surface area contributed by atoms with Crippen LogP contribution >= 0.6 is 0 Å². The van der Waals surface area contributed by atoms with E-state index >= 15 is 0 Å². The molecule has 0 fully saturated rings. The Bertz CT molecular complexity index is 784. The van der Waals surface area contributed by atoms with E-state index in [-0.39, 0.29) is 43.3 Å². The zero-order valence-electron chi connectivity index (χ0n) is 24.1. The quantitative estimate of drug-likeness (QED) is 0.133. The van der Waals surface area contributed by atoms with Crippen molar-refractivity contribution < 1.29 is 52.4 Å². The van der Waals surface area contributed by atoms with Gasteiger partial charge in [0.15, 0.2) is 0 Å². The summed E-state index contributed by atoms with van der Waals surface area (Å²) in [5.74, 6) is -2.01. The smallest absolute Gasteiger partial charge is 0.335 e. The molecule has 0 spiro atoms. The van der Waals surface area contributed by atoms with Crippen LogP contribution in [-0.2, 0) is 52.4 Å². The van der Waals surface area contributed by atoms with Crippen molar-refractivity contribution in [2.75, 3.05) is 47.3 Å². The first kappa shape index (κ1) is 42.1. The van der Waals surface area contributed by atoms with Crippen molar-refractivity contribution in [3.8, 4) is 0 Å². The second-order valence-electron chi connectivity index (χ2n) is 7.02. The molecule has 0 aliphatic rings. The fraction of sp³-hybridized carbons (Fsp3) is 0.464. The highest BCUT2D eigenvalue weighted by Gasteiger charge is 2.07. The topological polar surface area (TPSA) is 141 Å². The molecule has 0 heterocycles. The molecule has 0 aromatic rings. The molecule has 0 saturated heterocycles. The molecular formula is C28H44O11. The Morgan fingerprint density at radius 3 is 1.41 bits per heavy atom. The van der Waals surface area contributed by atoms with Crippen LogP contribution in [0.2, 0.25) is 0 Å². The summed E-state index contributed by atoms with van der Waals surface area (Å²) in [6.07, 6.45) is 4.22. The molecule has 0 N–H and O–H groups in total. The SMILES string of the molecule is C=C(C)C(=O)OC.C=C(C)C(=O)OC.C=CC(=O)OCCCC.C=CC(=O)OCCOCC(=C)C(=O)OCC. The number of methoxy groups -OCH3 is 2. The van der Waals surface area contributed by atoms with E-state index in [9.17, 15) is 24.0 Å². The van der Waals surface area contributed by atoms with Gasteiger partial charge >= 0.3 is 29.8 Å². The van der Waals surface area contributed by atoms with Crippen molar-refractivity contribution >= 4 is 29.8 Å². The van der Waals surface area contributed by atoms with E-state index in [0.717, 1.165) is 18.9 Å². The first-order chi connectivity index (χ1) is 18.3. The van der Waals surface area contributed by atoms with Crippen LogP contribution in [0.15, 0.2) is 61.8 Å². The summed E-state index contributed by atoms with van der Waals surface area (Å²) in [5, 5.41) is 0. The van der Waals surface area contributed by atoms with Crippen molar-refractivity contribution in [3.63, 3.8) is 0 Å². The van der Waals surface area contributed by atoms with Gasteiger partial charge in [-0.15, -0.1) is 0 Å². The summed E-state index contributed by atoms with van der Waals surface area (Å²) in [6, 6.07) is 0. The number of ether oxygens (including phenoxy) is 6. The van der Waals surface area contributed by atoms with Crippen molar-refractivity contribution in [2.45, 2.75) is 40.5 Å². The summed E-state index contributed by atoms with van der Waals surface area (Å²) in [7, 11) is 2.66. The Labute approximate surface area is 232 Å². The van der Waals surface area contributed by atoms with E-state index in [1.54, 1.807) is 20.8 Å². The van der Waals surface area contributed by atoms with Crippen LogP contribution in [-0.4, -0.2) is 77.1 Å². The van der Waals surface area contributed by atoms with Gasteiger partial charge in [-0.1, -0.05) is 46.2 Å². The number of unbranched alkanes of at least 4 members (excludes halogenated alkanes) is 1. The molecule has 0 radical (unpaired) electrons. The highest BCUT2D eigenvalue weighted by Crippen LogP contribution is 1.96. The van der Waals surface area contributed by atoms with E-state index in [4.69, 9.17) is 9.47 Å². The molecule has 39 heavy (non-hydrogen) atoms. The highest BCUT2D eigenvalue weighted by atomic mass is 16.6. The van der Waals surface area contributed by atoms with Gasteiger partial charge in [0, 0.05) is 23.3 Å². The van der Waals surface area contributed by atoms with Crippen molar-refractivity contribution in [3.05, 3.63) is 61.8 Å². The Morgan fingerprint density at radius 1 is 0.667 bits per heavy atom. The molecule has 11 nitrogen and oxygen atoms in total. The number of carbonyl (C=O) groups is 5. The van der Waals surface area contributed by atoms with E-state index in [1.165, 1.54) is 20.3 Å². The van der Waals surface area contributed by atoms with Crippen LogP contribution in [0.25, 0.3) is 0 Å². The zero-order valence-corrected chi connectivity index (χ0v) is 24.1. The average Bonchev–Trinajstić information content (AvgIpc) is 2.92. The van der Waals surface area contributed by atoms with Gasteiger partial charge in [0.25, 0.3) is 0 Å². The van der Waals surface area contributed by atoms with Crippen molar-refractivity contribution in [1.29, 1.82) is 0 Å². The van der Waals surface area contributed by atoms with Crippen molar-refractivity contribution in [2.24, 2.45) is 0 Å². The maximum Gasteiger partial charge on any atom is 0.335 e. The molecular weight excluding hydrogens is 512 g/mol. The third kappa shape index (κ3) is 34.0. The Balaban J connectivity index is -0.000000226. The lowest BCUT2D eigenvalue weighted by molar-refractivity contribution is -0.141. The summed E-state index contributed by atoms with van der Waals surface area (Å²) >= 11 is 0. The lowest BCUT2D eigenvalue weighted by atomic mass is 10.3. The largest absolute Gasteiger partial charge is 0.466 e. The zero-order chi connectivity index (χ0) is 31.2. The first-order valence-electron chi connectivity index (χ1n) is 11.8. The fourth-order valence-electron chi connectivity index (χ4n) is 1.47. The molecule has 0 aromatic heterocycles. The lowest BCUT2D eigenvalue weighted by Crippen LogP contribution is -2.14. The van der Waals surface area contributed by atoms with Gasteiger partial charge in [-0.2, -0.15) is 0 Å². The van der Waals surface area contributed by atoms with E-state index in [2.05, 4.69) is 51.8 Å². The Hall–Kier alpha value is -3.99. The predicted molar refractivity (Wildman–Crippen MR) is 147 cm³/mol. The first-order valence-corrected chi connectivity index (χ1v) is 11.8. The van der Waals surface area contributed by atoms with Crippen LogP contribution in [0.1, 0.15) is 40.5 Å². The Morgan fingerprint density at radius 2 is 1.10 bits per heavy atom. The molecule has 0 aromatic carbocycles. The van der Waals surface area contributed by atoms with Crippen LogP contribution in [0, 0.1) is 0 Å². The van der Waals surface area contributed by atoms with E-state index in [0.29, 0.717) is 24.4 Å². The number of hydrogen-bond donors (Lipinski definition) is 0. The van der Waals surface area contributed by atoms with Crippen LogP contribution in [0.4, 0.5) is 0 Å². The number of rotatable bonds is 14. The van der Waals surface area contributed by atoms with Gasteiger partial charge in [-0.3, -0.25) is 0 Å². The normalized spacial score (nSPS) is 8.56. The number of carbonyl (C=O) groups excluding carboxylic acids is 5. The molecule has 0 aliphatic heterocycles. The summed E-state index contributed by atoms with van der Waals surface area (Å²) in [5.41, 5.74) is 1.10.